The molecular formula is C17H18ClN3O2. The van der Waals surface area contributed by atoms with Crippen LogP contribution in [-0.4, -0.2) is 34.4 Å². The topological polar surface area (TPSA) is 59.3 Å². The zero-order valence-corrected chi connectivity index (χ0v) is 13.3. The van der Waals surface area contributed by atoms with Crippen LogP contribution in [-0.2, 0) is 6.54 Å². The van der Waals surface area contributed by atoms with Crippen LogP contribution in [0.3, 0.4) is 0 Å². The SMILES string of the molecule is OCCNc1nc2ccccc2n1CCOc1ccccc1Cl. The van der Waals surface area contributed by atoms with Crippen LogP contribution in [0.2, 0.25) is 5.02 Å². The molecule has 23 heavy (non-hydrogen) atoms. The van der Waals surface area contributed by atoms with Crippen molar-refractivity contribution < 1.29 is 9.84 Å². The Morgan fingerprint density at radius 2 is 1.91 bits per heavy atom. The summed E-state index contributed by atoms with van der Waals surface area (Å²) >= 11 is 6.10. The Balaban J connectivity index is 1.77. The second kappa shape index (κ2) is 7.35. The number of nitrogens with zero attached hydrogens (tertiary/aromatic N) is 2. The summed E-state index contributed by atoms with van der Waals surface area (Å²) in [4.78, 5) is 4.55. The minimum absolute atomic E-state index is 0.0549. The zero-order chi connectivity index (χ0) is 16.1. The number of halogens is 1. The maximum absolute atomic E-state index is 9.01. The molecule has 0 unspecified atom stereocenters. The first-order valence-electron chi connectivity index (χ1n) is 7.47. The molecule has 5 nitrogen and oxygen atoms in total. The maximum Gasteiger partial charge on any atom is 0.204 e. The van der Waals surface area contributed by atoms with Crippen molar-refractivity contribution in [3.63, 3.8) is 0 Å². The van der Waals surface area contributed by atoms with E-state index in [1.54, 1.807) is 6.07 Å². The summed E-state index contributed by atoms with van der Waals surface area (Å²) in [5, 5.41) is 12.7. The van der Waals surface area contributed by atoms with Crippen molar-refractivity contribution in [1.82, 2.24) is 9.55 Å². The van der Waals surface area contributed by atoms with Crippen LogP contribution in [0, 0.1) is 0 Å². The largest absolute Gasteiger partial charge is 0.490 e. The predicted octanol–water partition coefficient (Wildman–Crippen LogP) is 3.17. The van der Waals surface area contributed by atoms with E-state index in [1.165, 1.54) is 0 Å². The number of hydrogen-bond donors (Lipinski definition) is 2. The van der Waals surface area contributed by atoms with Crippen molar-refractivity contribution in [1.29, 1.82) is 0 Å². The fourth-order valence-corrected chi connectivity index (χ4v) is 2.60. The van der Waals surface area contributed by atoms with Gasteiger partial charge in [0.15, 0.2) is 0 Å². The van der Waals surface area contributed by atoms with Crippen molar-refractivity contribution >= 4 is 28.6 Å². The molecule has 0 aliphatic rings. The monoisotopic (exact) mass is 331 g/mol. The Hall–Kier alpha value is -2.24. The number of hydrogen-bond acceptors (Lipinski definition) is 4. The number of benzene rings is 2. The van der Waals surface area contributed by atoms with Gasteiger partial charge in [-0.05, 0) is 24.3 Å². The Labute approximate surface area is 139 Å². The van der Waals surface area contributed by atoms with Crippen LogP contribution in [0.1, 0.15) is 0 Å². The molecule has 0 spiro atoms. The third-order valence-electron chi connectivity index (χ3n) is 3.46. The first-order valence-corrected chi connectivity index (χ1v) is 7.84. The van der Waals surface area contributed by atoms with Crippen LogP contribution in [0.15, 0.2) is 48.5 Å². The van der Waals surface area contributed by atoms with Gasteiger partial charge in [0.1, 0.15) is 12.4 Å². The zero-order valence-electron chi connectivity index (χ0n) is 12.6. The average molecular weight is 332 g/mol. The van der Waals surface area contributed by atoms with Crippen molar-refractivity contribution in [3.05, 3.63) is 53.6 Å². The molecule has 2 N–H and O–H groups in total. The number of fused-ring (bicyclic) bond motifs is 1. The molecule has 2 aromatic carbocycles. The Morgan fingerprint density at radius 1 is 1.13 bits per heavy atom. The molecule has 0 saturated heterocycles. The predicted molar refractivity (Wildman–Crippen MR) is 92.3 cm³/mol. The number of ether oxygens (including phenoxy) is 1. The highest BCUT2D eigenvalue weighted by molar-refractivity contribution is 6.32. The van der Waals surface area contributed by atoms with E-state index in [0.717, 1.165) is 17.0 Å². The van der Waals surface area contributed by atoms with E-state index in [9.17, 15) is 0 Å². The van der Waals surface area contributed by atoms with Gasteiger partial charge in [-0.15, -0.1) is 0 Å². The average Bonchev–Trinajstić information content (AvgIpc) is 2.92. The van der Waals surface area contributed by atoms with Gasteiger partial charge in [-0.2, -0.15) is 0 Å². The third kappa shape index (κ3) is 3.57. The van der Waals surface area contributed by atoms with E-state index in [4.69, 9.17) is 21.4 Å². The number of aromatic nitrogens is 2. The first-order chi connectivity index (χ1) is 11.3. The maximum atomic E-state index is 9.01. The highest BCUT2D eigenvalue weighted by Crippen LogP contribution is 2.24. The lowest BCUT2D eigenvalue weighted by atomic mass is 10.3. The quantitative estimate of drug-likeness (QED) is 0.698. The summed E-state index contributed by atoms with van der Waals surface area (Å²) in [6.07, 6.45) is 0. The second-order valence-electron chi connectivity index (χ2n) is 5.01. The molecule has 0 radical (unpaired) electrons. The highest BCUT2D eigenvalue weighted by atomic mass is 35.5. The molecular weight excluding hydrogens is 314 g/mol. The molecule has 3 aromatic rings. The molecule has 3 rings (SSSR count). The normalized spacial score (nSPS) is 10.9. The van der Waals surface area contributed by atoms with Gasteiger partial charge in [0.25, 0.3) is 0 Å². The molecule has 0 amide bonds. The Morgan fingerprint density at radius 3 is 2.74 bits per heavy atom. The van der Waals surface area contributed by atoms with E-state index in [2.05, 4.69) is 10.3 Å². The van der Waals surface area contributed by atoms with E-state index >= 15 is 0 Å². The molecule has 0 bridgehead atoms. The van der Waals surface area contributed by atoms with Gasteiger partial charge in [-0.25, -0.2) is 4.98 Å². The minimum atomic E-state index is 0.0549. The van der Waals surface area contributed by atoms with Crippen molar-refractivity contribution in [2.24, 2.45) is 0 Å². The van der Waals surface area contributed by atoms with Gasteiger partial charge in [-0.3, -0.25) is 0 Å². The molecule has 120 valence electrons. The smallest absolute Gasteiger partial charge is 0.204 e. The van der Waals surface area contributed by atoms with Gasteiger partial charge in [0, 0.05) is 6.54 Å². The molecule has 0 atom stereocenters. The lowest BCUT2D eigenvalue weighted by Gasteiger charge is -2.12. The number of anilines is 1. The molecule has 0 saturated carbocycles. The lowest BCUT2D eigenvalue weighted by Crippen LogP contribution is -2.14. The van der Waals surface area contributed by atoms with Gasteiger partial charge in [-0.1, -0.05) is 35.9 Å². The van der Waals surface area contributed by atoms with Crippen molar-refractivity contribution in [2.45, 2.75) is 6.54 Å². The molecule has 6 heteroatoms. The number of nitrogens with one attached hydrogen (secondary N) is 1. The van der Waals surface area contributed by atoms with Crippen LogP contribution in [0.4, 0.5) is 5.95 Å². The Bertz CT molecular complexity index is 788. The molecule has 0 fully saturated rings. The van der Waals surface area contributed by atoms with Crippen LogP contribution in [0.5, 0.6) is 5.75 Å². The fourth-order valence-electron chi connectivity index (χ4n) is 2.41. The van der Waals surface area contributed by atoms with Crippen molar-refractivity contribution in [2.75, 3.05) is 25.1 Å². The van der Waals surface area contributed by atoms with Gasteiger partial charge < -0.3 is 19.7 Å². The molecule has 0 aliphatic carbocycles. The summed E-state index contributed by atoms with van der Waals surface area (Å²) in [7, 11) is 0. The summed E-state index contributed by atoms with van der Waals surface area (Å²) in [5.74, 6) is 1.39. The molecule has 1 aromatic heterocycles. The number of para-hydroxylation sites is 3. The standard InChI is InChI=1S/C17H18ClN3O2/c18-13-5-1-4-8-16(13)23-12-10-21-15-7-3-2-6-14(15)20-17(21)19-9-11-22/h1-8,22H,9-12H2,(H,19,20). The van der Waals surface area contributed by atoms with Crippen LogP contribution >= 0.6 is 11.6 Å². The lowest BCUT2D eigenvalue weighted by molar-refractivity contribution is 0.300. The van der Waals surface area contributed by atoms with Gasteiger partial charge in [0.2, 0.25) is 5.95 Å². The minimum Gasteiger partial charge on any atom is -0.490 e. The second-order valence-corrected chi connectivity index (χ2v) is 5.41. The first kappa shape index (κ1) is 15.6. The highest BCUT2D eigenvalue weighted by Gasteiger charge is 2.10. The number of aliphatic hydroxyl groups excluding tert-OH is 1. The van der Waals surface area contributed by atoms with Crippen LogP contribution < -0.4 is 10.1 Å². The van der Waals surface area contributed by atoms with E-state index < -0.39 is 0 Å². The molecule has 1 heterocycles. The fraction of sp³-hybridized carbons (Fsp3) is 0.235. The summed E-state index contributed by atoms with van der Waals surface area (Å²) in [5.41, 5.74) is 1.93. The third-order valence-corrected chi connectivity index (χ3v) is 3.77. The Kier molecular flexibility index (Phi) is 5.00. The van der Waals surface area contributed by atoms with E-state index in [-0.39, 0.29) is 6.61 Å². The van der Waals surface area contributed by atoms with Gasteiger partial charge >= 0.3 is 0 Å². The number of aliphatic hydroxyl groups is 1. The van der Waals surface area contributed by atoms with E-state index in [0.29, 0.717) is 30.5 Å². The van der Waals surface area contributed by atoms with Crippen molar-refractivity contribution in [3.8, 4) is 5.75 Å². The summed E-state index contributed by atoms with van der Waals surface area (Å²) in [6, 6.07) is 15.3. The number of imidazole rings is 1. The van der Waals surface area contributed by atoms with E-state index in [1.807, 2.05) is 47.0 Å². The number of rotatable bonds is 7. The molecule has 0 aliphatic heterocycles. The summed E-state index contributed by atoms with van der Waals surface area (Å²) in [6.45, 7) is 1.60. The summed E-state index contributed by atoms with van der Waals surface area (Å²) < 4.78 is 7.80. The van der Waals surface area contributed by atoms with Gasteiger partial charge in [0.05, 0.1) is 29.2 Å². The van der Waals surface area contributed by atoms with Crippen LogP contribution in [0.25, 0.3) is 11.0 Å².